The van der Waals surface area contributed by atoms with Crippen molar-refractivity contribution in [3.8, 4) is 0 Å². The molecule has 1 fully saturated rings. The summed E-state index contributed by atoms with van der Waals surface area (Å²) in [6, 6.07) is 0. The molecular formula is C10H13N5NaO8P. The first-order valence-corrected chi connectivity index (χ1v) is 8.09. The van der Waals surface area contributed by atoms with Crippen LogP contribution in [0.1, 0.15) is 6.23 Å². The van der Waals surface area contributed by atoms with Gasteiger partial charge in [-0.3, -0.25) is 18.9 Å². The first-order chi connectivity index (χ1) is 11.2. The molecule has 15 heteroatoms. The van der Waals surface area contributed by atoms with Crippen LogP contribution in [0, 0.1) is 0 Å². The Morgan fingerprint density at radius 3 is 2.84 bits per heavy atom. The number of aromatic nitrogens is 4. The summed E-state index contributed by atoms with van der Waals surface area (Å²) >= 11 is 0. The van der Waals surface area contributed by atoms with Gasteiger partial charge in [0.1, 0.15) is 18.3 Å². The molecule has 0 aliphatic carbocycles. The largest absolute Gasteiger partial charge is 1.00 e. The second kappa shape index (κ2) is 7.40. The number of phosphoric ester groups is 1. The molecule has 13 nitrogen and oxygen atoms in total. The number of hydrogen-bond acceptors (Lipinski definition) is 10. The molecule has 1 unspecified atom stereocenters. The van der Waals surface area contributed by atoms with Crippen molar-refractivity contribution in [3.63, 3.8) is 0 Å². The Hall–Kier alpha value is -0.860. The van der Waals surface area contributed by atoms with E-state index in [0.29, 0.717) is 0 Å². The number of aliphatic hydroxyl groups is 2. The van der Waals surface area contributed by atoms with E-state index in [1.165, 1.54) is 0 Å². The Bertz CT molecular complexity index is 867. The van der Waals surface area contributed by atoms with Gasteiger partial charge in [0, 0.05) is 0 Å². The average Bonchev–Trinajstić information content (AvgIpc) is 3.00. The molecule has 6 N–H and O–H groups in total. The zero-order valence-corrected chi connectivity index (χ0v) is 15.7. The van der Waals surface area contributed by atoms with Crippen molar-refractivity contribution in [2.45, 2.75) is 24.5 Å². The fourth-order valence-electron chi connectivity index (χ4n) is 2.51. The molecule has 0 saturated carbocycles. The van der Waals surface area contributed by atoms with E-state index in [1.54, 1.807) is 0 Å². The second-order valence-corrected chi connectivity index (χ2v) is 6.20. The van der Waals surface area contributed by atoms with Crippen molar-refractivity contribution < 1.29 is 63.4 Å². The van der Waals surface area contributed by atoms with Gasteiger partial charge in [-0.05, 0) is 0 Å². The number of fused-ring (bicyclic) bond motifs is 1. The number of nitrogens with one attached hydrogen (secondary N) is 1. The molecule has 0 bridgehead atoms. The van der Waals surface area contributed by atoms with Crippen LogP contribution in [0.3, 0.4) is 0 Å². The van der Waals surface area contributed by atoms with Crippen LogP contribution >= 0.6 is 7.82 Å². The van der Waals surface area contributed by atoms with E-state index < -0.39 is 44.5 Å². The van der Waals surface area contributed by atoms with Gasteiger partial charge in [-0.2, -0.15) is 4.98 Å². The van der Waals surface area contributed by atoms with Gasteiger partial charge in [-0.15, -0.1) is 0 Å². The van der Waals surface area contributed by atoms with Gasteiger partial charge in [0.05, 0.1) is 12.9 Å². The van der Waals surface area contributed by atoms with Gasteiger partial charge in [-0.1, -0.05) is 0 Å². The van der Waals surface area contributed by atoms with Crippen LogP contribution in [0.4, 0.5) is 5.95 Å². The van der Waals surface area contributed by atoms with Crippen molar-refractivity contribution in [3.05, 3.63) is 16.7 Å². The summed E-state index contributed by atoms with van der Waals surface area (Å²) in [7, 11) is -5.19. The van der Waals surface area contributed by atoms with Gasteiger partial charge in [0.15, 0.2) is 17.4 Å². The molecular weight excluding hydrogens is 372 g/mol. The first kappa shape index (κ1) is 20.5. The van der Waals surface area contributed by atoms with Gasteiger partial charge in [0.2, 0.25) is 5.95 Å². The van der Waals surface area contributed by atoms with Gasteiger partial charge < -0.3 is 35.0 Å². The fourth-order valence-corrected chi connectivity index (χ4v) is 3.08. The Kier molecular flexibility index (Phi) is 6.06. The summed E-state index contributed by atoms with van der Waals surface area (Å²) in [5, 5.41) is 19.5. The molecule has 0 spiro atoms. The molecule has 25 heavy (non-hydrogen) atoms. The molecule has 0 aromatic carbocycles. The van der Waals surface area contributed by atoms with Crippen molar-refractivity contribution in [1.29, 1.82) is 0 Å². The number of ether oxygens (including phenoxy) is 1. The summed E-state index contributed by atoms with van der Waals surface area (Å²) in [4.78, 5) is 41.4. The van der Waals surface area contributed by atoms with E-state index in [1.807, 2.05) is 0 Å². The number of anilines is 1. The average molecular weight is 385 g/mol. The smallest absolute Gasteiger partial charge is 0.756 e. The number of imidazole rings is 1. The Morgan fingerprint density at radius 2 is 2.24 bits per heavy atom. The number of aliphatic hydroxyl groups excluding tert-OH is 2. The van der Waals surface area contributed by atoms with E-state index in [9.17, 15) is 24.5 Å². The standard InChI is InChI=1S/C10H14N5O8P.Na/c11-10-13-7-4(8(18)14-10)12-2-15(7)9-5(17)6(3(1-16)22-9)23-24(19,20)21;/h2-3,5-6,9,16-17H,1H2,(H2,19,20,21)(H3,11,13,14,18);/q;+1/p-1/t3-,5-,6-,9-;/m1./s1. The predicted octanol–water partition coefficient (Wildman–Crippen LogP) is -6.20. The summed E-state index contributed by atoms with van der Waals surface area (Å²) in [5.41, 5.74) is 4.74. The number of rotatable bonds is 4. The molecule has 132 valence electrons. The number of H-pyrrole nitrogens is 1. The zero-order chi connectivity index (χ0) is 17.6. The maximum Gasteiger partial charge on any atom is 1.00 e. The Labute approximate surface area is 161 Å². The SMILES string of the molecule is Nc1nc2c(ncn2[C@@H]2O[C@H](CO)[C@@H](OP(=O)([O-])O)[C@H]2O)c(=O)[nH]1.[Na+]. The van der Waals surface area contributed by atoms with Crippen LogP contribution in [0.15, 0.2) is 11.1 Å². The minimum atomic E-state index is -5.19. The van der Waals surface area contributed by atoms with E-state index in [-0.39, 0.29) is 46.7 Å². The first-order valence-electron chi connectivity index (χ1n) is 6.60. The molecule has 5 atom stereocenters. The van der Waals surface area contributed by atoms with E-state index >= 15 is 0 Å². The number of hydrogen-bond donors (Lipinski definition) is 5. The minimum Gasteiger partial charge on any atom is -0.756 e. The zero-order valence-electron chi connectivity index (χ0n) is 12.8. The third-order valence-corrected chi connectivity index (χ3v) is 3.98. The summed E-state index contributed by atoms with van der Waals surface area (Å²) in [5.74, 6) is -0.201. The molecule has 3 heterocycles. The molecule has 0 radical (unpaired) electrons. The number of phosphoric acid groups is 1. The summed E-state index contributed by atoms with van der Waals surface area (Å²) in [6.45, 7) is -0.693. The maximum atomic E-state index is 11.8. The third-order valence-electron chi connectivity index (χ3n) is 3.47. The van der Waals surface area contributed by atoms with Crippen LogP contribution in [0.2, 0.25) is 0 Å². The second-order valence-electron chi connectivity index (χ2n) is 5.05. The molecule has 1 aliphatic rings. The monoisotopic (exact) mass is 385 g/mol. The number of aromatic amines is 1. The van der Waals surface area contributed by atoms with Crippen LogP contribution in [-0.2, 0) is 13.8 Å². The Balaban J connectivity index is 0.00000225. The minimum absolute atomic E-state index is 0. The fraction of sp³-hybridized carbons (Fsp3) is 0.500. The summed E-state index contributed by atoms with van der Waals surface area (Å²) < 4.78 is 21.8. The maximum absolute atomic E-state index is 11.8. The van der Waals surface area contributed by atoms with E-state index in [2.05, 4.69) is 19.5 Å². The molecule has 0 amide bonds. The van der Waals surface area contributed by atoms with E-state index in [4.69, 9.17) is 15.4 Å². The van der Waals surface area contributed by atoms with Crippen molar-refractivity contribution in [1.82, 2.24) is 19.5 Å². The summed E-state index contributed by atoms with van der Waals surface area (Å²) in [6.07, 6.45) is -4.58. The quantitative estimate of drug-likeness (QED) is 0.247. The number of nitrogens with two attached hydrogens (primary N) is 1. The topological polar surface area (TPSA) is 209 Å². The van der Waals surface area contributed by atoms with Crippen molar-refractivity contribution in [2.75, 3.05) is 12.3 Å². The van der Waals surface area contributed by atoms with E-state index in [0.717, 1.165) is 10.9 Å². The van der Waals surface area contributed by atoms with Crippen LogP contribution in [-0.4, -0.2) is 59.5 Å². The Morgan fingerprint density at radius 1 is 1.56 bits per heavy atom. The van der Waals surface area contributed by atoms with Crippen molar-refractivity contribution >= 4 is 24.9 Å². The number of nitrogen functional groups attached to an aromatic ring is 1. The molecule has 3 rings (SSSR count). The molecule has 2 aromatic rings. The third kappa shape index (κ3) is 3.95. The predicted molar refractivity (Wildman–Crippen MR) is 74.3 cm³/mol. The van der Waals surface area contributed by atoms with Gasteiger partial charge in [0.25, 0.3) is 13.4 Å². The molecule has 1 aliphatic heterocycles. The van der Waals surface area contributed by atoms with Crippen LogP contribution < -0.4 is 45.7 Å². The molecule has 1 saturated heterocycles. The van der Waals surface area contributed by atoms with Gasteiger partial charge in [-0.25, -0.2) is 4.98 Å². The van der Waals surface area contributed by atoms with Crippen LogP contribution in [0.5, 0.6) is 0 Å². The van der Waals surface area contributed by atoms with Crippen molar-refractivity contribution in [2.24, 2.45) is 0 Å². The molecule has 2 aromatic heterocycles. The number of nitrogens with zero attached hydrogens (tertiary/aromatic N) is 3. The van der Waals surface area contributed by atoms with Crippen LogP contribution in [0.25, 0.3) is 11.2 Å². The normalized spacial score (nSPS) is 28.6. The van der Waals surface area contributed by atoms with Gasteiger partial charge >= 0.3 is 29.6 Å².